The highest BCUT2D eigenvalue weighted by Gasteiger charge is 2.16. The Balaban J connectivity index is 3.30. The molecule has 0 amide bonds. The summed E-state index contributed by atoms with van der Waals surface area (Å²) in [6.07, 6.45) is 0. The van der Waals surface area contributed by atoms with Crippen molar-refractivity contribution in [1.29, 1.82) is 0 Å². The summed E-state index contributed by atoms with van der Waals surface area (Å²) in [5.41, 5.74) is 0.492. The van der Waals surface area contributed by atoms with Crippen LogP contribution in [0.5, 0.6) is 5.75 Å². The number of hydrogen-bond acceptors (Lipinski definition) is 3. The van der Waals surface area contributed by atoms with Gasteiger partial charge in [-0.15, -0.1) is 0 Å². The second-order valence-electron chi connectivity index (χ2n) is 3.04. The number of rotatable bonds is 3. The summed E-state index contributed by atoms with van der Waals surface area (Å²) in [5.74, 6) is -0.606. The van der Waals surface area contributed by atoms with Gasteiger partial charge in [0.15, 0.2) is 0 Å². The minimum atomic E-state index is -3.72. The molecular weight excluding hydrogens is 243 g/mol. The Labute approximate surface area is 92.2 Å². The quantitative estimate of drug-likeness (QED) is 0.775. The van der Waals surface area contributed by atoms with Gasteiger partial charge >= 0.3 is 0 Å². The third-order valence-corrected chi connectivity index (χ3v) is 2.99. The van der Waals surface area contributed by atoms with E-state index in [2.05, 4.69) is 0 Å². The van der Waals surface area contributed by atoms with Gasteiger partial charge in [-0.05, 0) is 24.6 Å². The summed E-state index contributed by atoms with van der Waals surface area (Å²) in [4.78, 5) is 0. The van der Waals surface area contributed by atoms with Crippen molar-refractivity contribution in [2.24, 2.45) is 0 Å². The lowest BCUT2D eigenvalue weighted by Gasteiger charge is -2.10. The van der Waals surface area contributed by atoms with E-state index >= 15 is 0 Å². The molecule has 0 unspecified atom stereocenters. The van der Waals surface area contributed by atoms with Crippen LogP contribution in [0.4, 0.5) is 4.39 Å². The molecule has 0 radical (unpaired) electrons. The van der Waals surface area contributed by atoms with Gasteiger partial charge in [-0.1, -0.05) is 0 Å². The Bertz CT molecular complexity index is 470. The summed E-state index contributed by atoms with van der Waals surface area (Å²) in [6.45, 7) is 1.48. The number of benzene rings is 1. The van der Waals surface area contributed by atoms with Gasteiger partial charge in [-0.3, -0.25) is 0 Å². The van der Waals surface area contributed by atoms with Crippen molar-refractivity contribution in [3.63, 3.8) is 0 Å². The molecular formula is C9H10ClFO3S. The van der Waals surface area contributed by atoms with Crippen molar-refractivity contribution in [2.75, 3.05) is 7.11 Å². The van der Waals surface area contributed by atoms with E-state index in [1.54, 1.807) is 0 Å². The third-order valence-electron chi connectivity index (χ3n) is 2.03. The second kappa shape index (κ2) is 4.37. The molecule has 0 saturated heterocycles. The van der Waals surface area contributed by atoms with Gasteiger partial charge in [0.05, 0.1) is 12.9 Å². The van der Waals surface area contributed by atoms with Gasteiger partial charge in [0, 0.05) is 16.2 Å². The largest absolute Gasteiger partial charge is 0.496 e. The van der Waals surface area contributed by atoms with Crippen LogP contribution in [0.25, 0.3) is 0 Å². The molecule has 84 valence electrons. The standard InChI is InChI=1S/C9H10ClFO3S/c1-6-7(5-15(10,12)13)9(14-2)4-3-8(6)11/h3-4H,5H2,1-2H3. The molecule has 0 saturated carbocycles. The Hall–Kier alpha value is -0.810. The predicted octanol–water partition coefficient (Wildman–Crippen LogP) is 2.21. The second-order valence-corrected chi connectivity index (χ2v) is 5.81. The van der Waals surface area contributed by atoms with Gasteiger partial charge < -0.3 is 4.74 Å². The van der Waals surface area contributed by atoms with E-state index in [9.17, 15) is 12.8 Å². The maximum Gasteiger partial charge on any atom is 0.236 e. The lowest BCUT2D eigenvalue weighted by Crippen LogP contribution is -2.02. The lowest BCUT2D eigenvalue weighted by molar-refractivity contribution is 0.409. The molecule has 15 heavy (non-hydrogen) atoms. The van der Waals surface area contributed by atoms with Crippen molar-refractivity contribution in [1.82, 2.24) is 0 Å². The molecule has 0 bridgehead atoms. The molecule has 0 heterocycles. The first-order valence-electron chi connectivity index (χ1n) is 4.09. The van der Waals surface area contributed by atoms with Crippen LogP contribution in [0.15, 0.2) is 12.1 Å². The van der Waals surface area contributed by atoms with Crippen molar-refractivity contribution >= 4 is 19.7 Å². The number of hydrogen-bond donors (Lipinski definition) is 0. The van der Waals surface area contributed by atoms with Crippen LogP contribution in [0.3, 0.4) is 0 Å². The summed E-state index contributed by atoms with van der Waals surface area (Å²) in [5, 5.41) is 0. The number of halogens is 2. The zero-order valence-electron chi connectivity index (χ0n) is 8.25. The highest BCUT2D eigenvalue weighted by molar-refractivity contribution is 8.13. The molecule has 0 aromatic heterocycles. The van der Waals surface area contributed by atoms with E-state index in [-0.39, 0.29) is 11.1 Å². The SMILES string of the molecule is COc1ccc(F)c(C)c1CS(=O)(=O)Cl. The molecule has 0 atom stereocenters. The molecule has 1 rings (SSSR count). The summed E-state index contributed by atoms with van der Waals surface area (Å²) < 4.78 is 40.0. The van der Waals surface area contributed by atoms with Crippen LogP contribution < -0.4 is 4.74 Å². The molecule has 3 nitrogen and oxygen atoms in total. The highest BCUT2D eigenvalue weighted by atomic mass is 35.7. The monoisotopic (exact) mass is 252 g/mol. The molecule has 0 aliphatic carbocycles. The Kier molecular flexibility index (Phi) is 3.57. The van der Waals surface area contributed by atoms with Gasteiger partial charge in [-0.25, -0.2) is 12.8 Å². The smallest absolute Gasteiger partial charge is 0.236 e. The number of ether oxygens (including phenoxy) is 1. The molecule has 0 spiro atoms. The summed E-state index contributed by atoms with van der Waals surface area (Å²) in [6, 6.07) is 2.60. The van der Waals surface area contributed by atoms with E-state index in [1.807, 2.05) is 0 Å². The minimum Gasteiger partial charge on any atom is -0.496 e. The predicted molar refractivity (Wildman–Crippen MR) is 56.2 cm³/mol. The zero-order valence-corrected chi connectivity index (χ0v) is 9.82. The van der Waals surface area contributed by atoms with Crippen LogP contribution in [0, 0.1) is 12.7 Å². The lowest BCUT2D eigenvalue weighted by atomic mass is 10.1. The Morgan fingerprint density at radius 1 is 1.47 bits per heavy atom. The van der Waals surface area contributed by atoms with E-state index in [4.69, 9.17) is 15.4 Å². The third kappa shape index (κ3) is 3.07. The fourth-order valence-electron chi connectivity index (χ4n) is 1.25. The fourth-order valence-corrected chi connectivity index (χ4v) is 2.28. The summed E-state index contributed by atoms with van der Waals surface area (Å²) >= 11 is 0. The average molecular weight is 253 g/mol. The van der Waals surface area contributed by atoms with Crippen LogP contribution in [-0.4, -0.2) is 15.5 Å². The molecule has 0 N–H and O–H groups in total. The molecule has 1 aromatic rings. The van der Waals surface area contributed by atoms with E-state index in [1.165, 1.54) is 26.2 Å². The van der Waals surface area contributed by atoms with E-state index in [0.717, 1.165) is 0 Å². The maximum atomic E-state index is 13.2. The normalized spacial score (nSPS) is 11.5. The van der Waals surface area contributed by atoms with Crippen LogP contribution in [0.1, 0.15) is 11.1 Å². The van der Waals surface area contributed by atoms with E-state index in [0.29, 0.717) is 5.75 Å². The van der Waals surface area contributed by atoms with Crippen molar-refractivity contribution in [3.05, 3.63) is 29.1 Å². The Morgan fingerprint density at radius 3 is 2.53 bits per heavy atom. The van der Waals surface area contributed by atoms with Gasteiger partial charge in [-0.2, -0.15) is 0 Å². The average Bonchev–Trinajstić information content (AvgIpc) is 2.11. The maximum absolute atomic E-state index is 13.2. The first kappa shape index (κ1) is 12.3. The minimum absolute atomic E-state index is 0.235. The molecule has 0 fully saturated rings. The van der Waals surface area contributed by atoms with Crippen LogP contribution in [-0.2, 0) is 14.8 Å². The van der Waals surface area contributed by atoms with Crippen LogP contribution >= 0.6 is 10.7 Å². The zero-order chi connectivity index (χ0) is 11.6. The summed E-state index contributed by atoms with van der Waals surface area (Å²) in [7, 11) is 2.78. The highest BCUT2D eigenvalue weighted by Crippen LogP contribution is 2.27. The topological polar surface area (TPSA) is 43.4 Å². The van der Waals surface area contributed by atoms with Gasteiger partial charge in [0.2, 0.25) is 9.05 Å². The number of methoxy groups -OCH3 is 1. The van der Waals surface area contributed by atoms with E-state index < -0.39 is 20.6 Å². The Morgan fingerprint density at radius 2 is 2.07 bits per heavy atom. The van der Waals surface area contributed by atoms with Gasteiger partial charge in [0.25, 0.3) is 0 Å². The van der Waals surface area contributed by atoms with Crippen LogP contribution in [0.2, 0.25) is 0 Å². The van der Waals surface area contributed by atoms with Crippen molar-refractivity contribution < 1.29 is 17.5 Å². The van der Waals surface area contributed by atoms with Crippen molar-refractivity contribution in [3.8, 4) is 5.75 Å². The first-order valence-corrected chi connectivity index (χ1v) is 6.57. The van der Waals surface area contributed by atoms with Crippen molar-refractivity contribution in [2.45, 2.75) is 12.7 Å². The molecule has 1 aromatic carbocycles. The fraction of sp³-hybridized carbons (Fsp3) is 0.333. The molecule has 0 aliphatic rings. The van der Waals surface area contributed by atoms with Gasteiger partial charge in [0.1, 0.15) is 11.6 Å². The molecule has 6 heteroatoms. The first-order chi connectivity index (χ1) is 6.85. The molecule has 0 aliphatic heterocycles.